The van der Waals surface area contributed by atoms with Crippen LogP contribution >= 0.6 is 0 Å². The predicted octanol–water partition coefficient (Wildman–Crippen LogP) is 0.852. The lowest BCUT2D eigenvalue weighted by atomic mass is 10.1. The molecule has 0 saturated carbocycles. The summed E-state index contributed by atoms with van der Waals surface area (Å²) in [6.07, 6.45) is 0. The first-order valence-corrected chi connectivity index (χ1v) is 5.99. The molecular formula is C13H20FN3O. The Labute approximate surface area is 107 Å². The first-order chi connectivity index (χ1) is 8.56. The molecule has 1 amide bonds. The number of likely N-dealkylation sites (N-methyl/N-ethyl adjacent to an activating group) is 2. The molecule has 0 aliphatic heterocycles. The van der Waals surface area contributed by atoms with Crippen molar-refractivity contribution >= 4 is 5.91 Å². The highest BCUT2D eigenvalue weighted by Gasteiger charge is 2.09. The fourth-order valence-electron chi connectivity index (χ4n) is 1.69. The Hall–Kier alpha value is -1.46. The lowest BCUT2D eigenvalue weighted by molar-refractivity contribution is -0.121. The van der Waals surface area contributed by atoms with Crippen LogP contribution in [-0.2, 0) is 17.9 Å². The lowest BCUT2D eigenvalue weighted by Crippen LogP contribution is -2.34. The van der Waals surface area contributed by atoms with Gasteiger partial charge in [0.25, 0.3) is 0 Å². The van der Waals surface area contributed by atoms with E-state index in [1.165, 1.54) is 6.07 Å². The molecule has 0 heterocycles. The summed E-state index contributed by atoms with van der Waals surface area (Å²) in [5.41, 5.74) is 6.77. The fraction of sp³-hybridized carbons (Fsp3) is 0.462. The average molecular weight is 253 g/mol. The van der Waals surface area contributed by atoms with Crippen LogP contribution in [0.15, 0.2) is 18.2 Å². The summed E-state index contributed by atoms with van der Waals surface area (Å²) in [6, 6.07) is 4.96. The first-order valence-electron chi connectivity index (χ1n) is 5.99. The maximum Gasteiger partial charge on any atom is 0.234 e. The molecule has 0 spiro atoms. The summed E-state index contributed by atoms with van der Waals surface area (Å²) in [5, 5.41) is 2.70. The van der Waals surface area contributed by atoms with E-state index in [9.17, 15) is 9.18 Å². The van der Waals surface area contributed by atoms with Gasteiger partial charge < -0.3 is 11.1 Å². The third-order valence-electron chi connectivity index (χ3n) is 2.58. The van der Waals surface area contributed by atoms with E-state index >= 15 is 0 Å². The molecule has 1 aromatic rings. The van der Waals surface area contributed by atoms with Crippen LogP contribution in [0.1, 0.15) is 18.1 Å². The third kappa shape index (κ3) is 4.43. The van der Waals surface area contributed by atoms with Gasteiger partial charge in [-0.25, -0.2) is 4.39 Å². The maximum atomic E-state index is 13.7. The van der Waals surface area contributed by atoms with E-state index in [0.29, 0.717) is 25.2 Å². The number of rotatable bonds is 6. The van der Waals surface area contributed by atoms with Crippen LogP contribution in [0.3, 0.4) is 0 Å². The Kier molecular flexibility index (Phi) is 5.74. The smallest absolute Gasteiger partial charge is 0.234 e. The van der Waals surface area contributed by atoms with Crippen molar-refractivity contribution < 1.29 is 9.18 Å². The highest BCUT2D eigenvalue weighted by Crippen LogP contribution is 2.12. The summed E-state index contributed by atoms with van der Waals surface area (Å²) in [5.74, 6) is -0.334. The van der Waals surface area contributed by atoms with Gasteiger partial charge in [-0.2, -0.15) is 0 Å². The molecule has 1 rings (SSSR count). The third-order valence-corrected chi connectivity index (χ3v) is 2.58. The number of nitrogens with one attached hydrogen (secondary N) is 1. The summed E-state index contributed by atoms with van der Waals surface area (Å²) in [6.45, 7) is 3.45. The molecule has 0 saturated heterocycles. The van der Waals surface area contributed by atoms with E-state index in [4.69, 9.17) is 5.73 Å². The molecule has 0 aliphatic carbocycles. The molecule has 5 heteroatoms. The van der Waals surface area contributed by atoms with Crippen LogP contribution in [-0.4, -0.2) is 30.9 Å². The van der Waals surface area contributed by atoms with Gasteiger partial charge in [0, 0.05) is 25.2 Å². The zero-order valence-electron chi connectivity index (χ0n) is 10.9. The molecule has 0 aromatic heterocycles. The van der Waals surface area contributed by atoms with Gasteiger partial charge >= 0.3 is 0 Å². The second kappa shape index (κ2) is 7.08. The van der Waals surface area contributed by atoms with Crippen molar-refractivity contribution in [1.82, 2.24) is 10.2 Å². The number of carbonyl (C=O) groups is 1. The van der Waals surface area contributed by atoms with Crippen molar-refractivity contribution in [3.05, 3.63) is 35.1 Å². The second-order valence-electron chi connectivity index (χ2n) is 4.26. The number of nitrogens with zero attached hydrogens (tertiary/aromatic N) is 1. The van der Waals surface area contributed by atoms with Crippen LogP contribution < -0.4 is 11.1 Å². The Balaban J connectivity index is 2.59. The molecule has 1 aromatic carbocycles. The molecule has 3 N–H and O–H groups in total. The molecule has 0 aliphatic rings. The Morgan fingerprint density at radius 2 is 2.22 bits per heavy atom. The van der Waals surface area contributed by atoms with Crippen molar-refractivity contribution in [1.29, 1.82) is 0 Å². The number of benzene rings is 1. The standard InChI is InChI=1S/C13H20FN3O/c1-3-16-13(18)9-17(2)8-11-5-4-10(7-15)6-12(11)14/h4-6H,3,7-9,15H2,1-2H3,(H,16,18). The molecule has 0 atom stereocenters. The number of hydrogen-bond acceptors (Lipinski definition) is 3. The molecule has 0 bridgehead atoms. The van der Waals surface area contributed by atoms with Gasteiger partial charge in [-0.05, 0) is 25.6 Å². The zero-order chi connectivity index (χ0) is 13.5. The van der Waals surface area contributed by atoms with Crippen LogP contribution in [0, 0.1) is 5.82 Å². The molecular weight excluding hydrogens is 233 g/mol. The maximum absolute atomic E-state index is 13.7. The number of halogens is 1. The Bertz CT molecular complexity index is 409. The van der Waals surface area contributed by atoms with Crippen molar-refractivity contribution in [3.63, 3.8) is 0 Å². The Morgan fingerprint density at radius 1 is 1.50 bits per heavy atom. The largest absolute Gasteiger partial charge is 0.355 e. The van der Waals surface area contributed by atoms with Gasteiger partial charge in [0.05, 0.1) is 6.54 Å². The molecule has 0 fully saturated rings. The molecule has 0 radical (unpaired) electrons. The van der Waals surface area contributed by atoms with Crippen molar-refractivity contribution in [2.75, 3.05) is 20.1 Å². The van der Waals surface area contributed by atoms with E-state index in [1.807, 2.05) is 6.92 Å². The summed E-state index contributed by atoms with van der Waals surface area (Å²) in [4.78, 5) is 13.1. The minimum atomic E-state index is -0.277. The minimum Gasteiger partial charge on any atom is -0.355 e. The molecule has 18 heavy (non-hydrogen) atoms. The SMILES string of the molecule is CCNC(=O)CN(C)Cc1ccc(CN)cc1F. The van der Waals surface area contributed by atoms with E-state index in [0.717, 1.165) is 5.56 Å². The molecule has 0 unspecified atom stereocenters. The summed E-state index contributed by atoms with van der Waals surface area (Å²) < 4.78 is 13.7. The normalized spacial score (nSPS) is 10.7. The van der Waals surface area contributed by atoms with Gasteiger partial charge in [-0.15, -0.1) is 0 Å². The topological polar surface area (TPSA) is 58.4 Å². The minimum absolute atomic E-state index is 0.0565. The molecule has 100 valence electrons. The van der Waals surface area contributed by atoms with E-state index < -0.39 is 0 Å². The number of amides is 1. The van der Waals surface area contributed by atoms with Gasteiger partial charge in [0.2, 0.25) is 5.91 Å². The van der Waals surface area contributed by atoms with Gasteiger partial charge in [-0.3, -0.25) is 9.69 Å². The monoisotopic (exact) mass is 253 g/mol. The van der Waals surface area contributed by atoms with Crippen molar-refractivity contribution in [3.8, 4) is 0 Å². The van der Waals surface area contributed by atoms with E-state index in [1.54, 1.807) is 24.1 Å². The number of hydrogen-bond donors (Lipinski definition) is 2. The van der Waals surface area contributed by atoms with Crippen LogP contribution in [0.25, 0.3) is 0 Å². The van der Waals surface area contributed by atoms with Gasteiger partial charge in [0.1, 0.15) is 5.82 Å². The highest BCUT2D eigenvalue weighted by atomic mass is 19.1. The predicted molar refractivity (Wildman–Crippen MR) is 69.3 cm³/mol. The van der Waals surface area contributed by atoms with E-state index in [2.05, 4.69) is 5.32 Å². The van der Waals surface area contributed by atoms with Gasteiger partial charge in [-0.1, -0.05) is 12.1 Å². The lowest BCUT2D eigenvalue weighted by Gasteiger charge is -2.16. The highest BCUT2D eigenvalue weighted by molar-refractivity contribution is 5.77. The van der Waals surface area contributed by atoms with Crippen molar-refractivity contribution in [2.45, 2.75) is 20.0 Å². The summed E-state index contributed by atoms with van der Waals surface area (Å²) >= 11 is 0. The fourth-order valence-corrected chi connectivity index (χ4v) is 1.69. The van der Waals surface area contributed by atoms with Gasteiger partial charge in [0.15, 0.2) is 0 Å². The second-order valence-corrected chi connectivity index (χ2v) is 4.26. The van der Waals surface area contributed by atoms with E-state index in [-0.39, 0.29) is 18.3 Å². The Morgan fingerprint density at radius 3 is 2.78 bits per heavy atom. The average Bonchev–Trinajstić information content (AvgIpc) is 2.31. The van der Waals surface area contributed by atoms with Crippen LogP contribution in [0.5, 0.6) is 0 Å². The first kappa shape index (κ1) is 14.6. The number of nitrogens with two attached hydrogens (primary N) is 1. The van der Waals surface area contributed by atoms with Crippen LogP contribution in [0.2, 0.25) is 0 Å². The van der Waals surface area contributed by atoms with Crippen molar-refractivity contribution in [2.24, 2.45) is 5.73 Å². The quantitative estimate of drug-likeness (QED) is 0.790. The van der Waals surface area contributed by atoms with Crippen LogP contribution in [0.4, 0.5) is 4.39 Å². The molecule has 4 nitrogen and oxygen atoms in total. The zero-order valence-corrected chi connectivity index (χ0v) is 10.9. The summed E-state index contributed by atoms with van der Waals surface area (Å²) in [7, 11) is 1.78. The number of carbonyl (C=O) groups excluding carboxylic acids is 1.